The summed E-state index contributed by atoms with van der Waals surface area (Å²) < 4.78 is 16.8. The Hall–Kier alpha value is -2.09. The van der Waals surface area contributed by atoms with Crippen LogP contribution in [0.5, 0.6) is 11.5 Å². The molecule has 0 spiro atoms. The van der Waals surface area contributed by atoms with Gasteiger partial charge in [0, 0.05) is 12.5 Å². The number of allylic oxidation sites excluding steroid dienone is 2. The predicted molar refractivity (Wildman–Crippen MR) is 129 cm³/mol. The van der Waals surface area contributed by atoms with E-state index in [4.69, 9.17) is 14.2 Å². The first-order valence-corrected chi connectivity index (χ1v) is 12.3. The van der Waals surface area contributed by atoms with E-state index in [1.54, 1.807) is 0 Å². The van der Waals surface area contributed by atoms with Crippen LogP contribution in [0.25, 0.3) is 0 Å². The molecule has 3 rings (SSSR count). The smallest absolute Gasteiger partial charge is 0.303 e. The van der Waals surface area contributed by atoms with Crippen molar-refractivity contribution >= 4 is 5.97 Å². The van der Waals surface area contributed by atoms with Gasteiger partial charge >= 0.3 is 5.97 Å². The number of aromatic hydroxyl groups is 1. The third-order valence-electron chi connectivity index (χ3n) is 7.14. The Morgan fingerprint density at radius 1 is 1.26 bits per heavy atom. The zero-order valence-electron chi connectivity index (χ0n) is 21.2. The molecule has 2 aliphatic rings. The highest BCUT2D eigenvalue weighted by Gasteiger charge is 2.43. The molecular weight excluding hydrogens is 436 g/mol. The minimum atomic E-state index is -1.35. The molecule has 0 saturated carbocycles. The molecule has 0 aromatic heterocycles. The number of rotatable bonds is 7. The lowest BCUT2D eigenvalue weighted by Crippen LogP contribution is -2.56. The van der Waals surface area contributed by atoms with Crippen LogP contribution < -0.4 is 4.74 Å². The molecule has 1 fully saturated rings. The van der Waals surface area contributed by atoms with Crippen molar-refractivity contribution in [3.8, 4) is 11.5 Å². The van der Waals surface area contributed by atoms with E-state index in [0.717, 1.165) is 36.8 Å². The van der Waals surface area contributed by atoms with Crippen molar-refractivity contribution < 1.29 is 34.3 Å². The number of phenolic OH excluding ortho intramolecular Hbond substituents is 1. The molecule has 0 amide bonds. The molecule has 3 N–H and O–H groups in total. The number of benzene rings is 1. The average molecular weight is 477 g/mol. The Bertz CT molecular complexity index is 905. The van der Waals surface area contributed by atoms with Gasteiger partial charge in [-0.3, -0.25) is 4.79 Å². The van der Waals surface area contributed by atoms with E-state index in [1.165, 1.54) is 18.1 Å². The van der Waals surface area contributed by atoms with Crippen molar-refractivity contribution in [3.05, 3.63) is 34.4 Å². The number of hydrogen-bond acceptors (Lipinski definition) is 7. The molecule has 34 heavy (non-hydrogen) atoms. The van der Waals surface area contributed by atoms with Gasteiger partial charge in [-0.1, -0.05) is 31.6 Å². The molecule has 0 bridgehead atoms. The highest BCUT2D eigenvalue weighted by atomic mass is 16.7. The topological polar surface area (TPSA) is 105 Å². The molecule has 1 aromatic rings. The molecule has 1 aliphatic carbocycles. The van der Waals surface area contributed by atoms with Crippen LogP contribution in [0.2, 0.25) is 0 Å². The number of carbonyl (C=O) groups excluding carboxylic acids is 1. The summed E-state index contributed by atoms with van der Waals surface area (Å²) in [6.45, 7) is 11.5. The number of aliphatic hydroxyl groups is 2. The van der Waals surface area contributed by atoms with Crippen molar-refractivity contribution in [1.29, 1.82) is 0 Å². The van der Waals surface area contributed by atoms with Crippen molar-refractivity contribution in [3.63, 3.8) is 0 Å². The lowest BCUT2D eigenvalue weighted by atomic mass is 9.70. The van der Waals surface area contributed by atoms with Crippen LogP contribution >= 0.6 is 0 Å². The normalized spacial score (nSPS) is 29.6. The molecule has 190 valence electrons. The monoisotopic (exact) mass is 476 g/mol. The number of aliphatic hydroxyl groups excluding tert-OH is 2. The van der Waals surface area contributed by atoms with Gasteiger partial charge in [-0.2, -0.15) is 0 Å². The Morgan fingerprint density at radius 2 is 1.97 bits per heavy atom. The van der Waals surface area contributed by atoms with Crippen LogP contribution in [0.15, 0.2) is 17.7 Å². The largest absolute Gasteiger partial charge is 0.504 e. The first-order valence-electron chi connectivity index (χ1n) is 12.3. The van der Waals surface area contributed by atoms with Gasteiger partial charge in [0.15, 0.2) is 17.6 Å². The maximum Gasteiger partial charge on any atom is 0.303 e. The molecule has 1 aliphatic heterocycles. The first-order chi connectivity index (χ1) is 16.0. The summed E-state index contributed by atoms with van der Waals surface area (Å²) >= 11 is 0. The second-order valence-electron chi connectivity index (χ2n) is 10.2. The molecule has 1 aromatic carbocycles. The van der Waals surface area contributed by atoms with E-state index in [2.05, 4.69) is 39.8 Å². The summed E-state index contributed by atoms with van der Waals surface area (Å²) in [6, 6.07) is 2.09. The quantitative estimate of drug-likeness (QED) is 0.394. The average Bonchev–Trinajstić information content (AvgIpc) is 2.75. The maximum absolute atomic E-state index is 11.6. The number of esters is 1. The van der Waals surface area contributed by atoms with E-state index in [1.807, 2.05) is 6.92 Å². The molecule has 0 radical (unpaired) electrons. The second-order valence-corrected chi connectivity index (χ2v) is 10.2. The number of fused-ring (bicyclic) bond motifs is 1. The molecule has 1 heterocycles. The van der Waals surface area contributed by atoms with Crippen LogP contribution in [0.4, 0.5) is 0 Å². The minimum Gasteiger partial charge on any atom is -0.504 e. The second kappa shape index (κ2) is 11.1. The van der Waals surface area contributed by atoms with E-state index in [9.17, 15) is 20.1 Å². The van der Waals surface area contributed by atoms with Crippen molar-refractivity contribution in [2.45, 2.75) is 104 Å². The summed E-state index contributed by atoms with van der Waals surface area (Å²) in [6.07, 6.45) is 1.54. The third kappa shape index (κ3) is 5.75. The van der Waals surface area contributed by atoms with Gasteiger partial charge < -0.3 is 29.5 Å². The highest BCUT2D eigenvalue weighted by Crippen LogP contribution is 2.51. The number of aryl methyl sites for hydroxylation is 1. The number of phenols is 1. The summed E-state index contributed by atoms with van der Waals surface area (Å²) in [5.41, 5.74) is 4.14. The lowest BCUT2D eigenvalue weighted by molar-refractivity contribution is -0.250. The van der Waals surface area contributed by atoms with E-state index >= 15 is 0 Å². The molecular formula is C27H40O7. The van der Waals surface area contributed by atoms with E-state index in [-0.39, 0.29) is 24.0 Å². The van der Waals surface area contributed by atoms with Gasteiger partial charge in [0.25, 0.3) is 0 Å². The third-order valence-corrected chi connectivity index (χ3v) is 7.14. The summed E-state index contributed by atoms with van der Waals surface area (Å²) in [5.74, 6) is 0.707. The summed E-state index contributed by atoms with van der Waals surface area (Å²) in [5, 5.41) is 31.6. The number of ether oxygens (including phenoxy) is 3. The maximum atomic E-state index is 11.6. The van der Waals surface area contributed by atoms with Crippen LogP contribution in [-0.2, 0) is 14.3 Å². The Morgan fingerprint density at radius 3 is 2.62 bits per heavy atom. The van der Waals surface area contributed by atoms with Crippen molar-refractivity contribution in [2.75, 3.05) is 6.61 Å². The van der Waals surface area contributed by atoms with Crippen LogP contribution in [0, 0.1) is 12.8 Å². The predicted octanol–water partition coefficient (Wildman–Crippen LogP) is 4.45. The minimum absolute atomic E-state index is 0.0782. The van der Waals surface area contributed by atoms with Crippen LogP contribution in [0.3, 0.4) is 0 Å². The molecule has 7 heteroatoms. The first kappa shape index (κ1) is 26.5. The van der Waals surface area contributed by atoms with Gasteiger partial charge in [-0.15, -0.1) is 0 Å². The standard InChI is InChI=1S/C27H40O7/c1-14(2)8-7-9-15(3)19-11-10-16(4)22-20(19)12-17(5)25(24(22)31)34-27-26(33-18(6)28)23(30)21(29)13-32-27/h8,12,15-16,19,21,23,26-27,29-31H,7,9-11,13H2,1-6H3/t15-,16-,19+,21-,23+,26-,27+/m0/s1. The lowest BCUT2D eigenvalue weighted by Gasteiger charge is -2.38. The zero-order valence-corrected chi connectivity index (χ0v) is 21.2. The van der Waals surface area contributed by atoms with Crippen molar-refractivity contribution in [2.24, 2.45) is 5.92 Å². The van der Waals surface area contributed by atoms with Gasteiger partial charge in [0.2, 0.25) is 6.29 Å². The van der Waals surface area contributed by atoms with Gasteiger partial charge in [0.05, 0.1) is 6.61 Å². The Balaban J connectivity index is 1.90. The molecule has 1 saturated heterocycles. The van der Waals surface area contributed by atoms with Crippen LogP contribution in [0.1, 0.15) is 88.8 Å². The zero-order chi connectivity index (χ0) is 25.2. The Kier molecular flexibility index (Phi) is 8.66. The van der Waals surface area contributed by atoms with Gasteiger partial charge in [-0.25, -0.2) is 0 Å². The fourth-order valence-corrected chi connectivity index (χ4v) is 5.25. The van der Waals surface area contributed by atoms with E-state index in [0.29, 0.717) is 11.8 Å². The van der Waals surface area contributed by atoms with Crippen molar-refractivity contribution in [1.82, 2.24) is 0 Å². The molecule has 7 nitrogen and oxygen atoms in total. The Labute approximate surface area is 202 Å². The summed E-state index contributed by atoms with van der Waals surface area (Å²) in [4.78, 5) is 11.6. The number of carbonyl (C=O) groups is 1. The fourth-order valence-electron chi connectivity index (χ4n) is 5.25. The molecule has 7 atom stereocenters. The van der Waals surface area contributed by atoms with E-state index < -0.39 is 30.6 Å². The number of hydrogen-bond donors (Lipinski definition) is 3. The fraction of sp³-hybridized carbons (Fsp3) is 0.667. The molecule has 0 unspecified atom stereocenters. The summed E-state index contributed by atoms with van der Waals surface area (Å²) in [7, 11) is 0. The van der Waals surface area contributed by atoms with Crippen LogP contribution in [-0.4, -0.2) is 52.5 Å². The van der Waals surface area contributed by atoms with Gasteiger partial charge in [-0.05, 0) is 75.3 Å². The highest BCUT2D eigenvalue weighted by molar-refractivity contribution is 5.66. The van der Waals surface area contributed by atoms with Gasteiger partial charge in [0.1, 0.15) is 12.2 Å². The SMILES string of the molecule is CC(=O)O[C@@H]1[C@@H](Oc2c(C)cc3c(c2O)[C@@H](C)CC[C@@H]3[C@@H](C)CCC=C(C)C)OC[C@H](O)[C@H]1O.